The standard InChI is InChI=1S/C21H37NO5/c1-24-16-6-5-12-9-15-18-13(10-17(25-2)21(27-4)19(18)23)7-8-22(15)11-14(12)20(16)26-3/h12-21,23H,5-11H2,1-4H3. The first-order valence-electron chi connectivity index (χ1n) is 10.7. The average molecular weight is 384 g/mol. The maximum absolute atomic E-state index is 11.2. The summed E-state index contributed by atoms with van der Waals surface area (Å²) < 4.78 is 23.0. The maximum atomic E-state index is 11.2. The van der Waals surface area contributed by atoms with Gasteiger partial charge in [-0.2, -0.15) is 0 Å². The third-order valence-electron chi connectivity index (χ3n) is 8.23. The van der Waals surface area contributed by atoms with Crippen LogP contribution in [-0.2, 0) is 18.9 Å². The minimum atomic E-state index is -0.448. The summed E-state index contributed by atoms with van der Waals surface area (Å²) in [4.78, 5) is 2.63. The lowest BCUT2D eigenvalue weighted by Crippen LogP contribution is -2.66. The van der Waals surface area contributed by atoms with Gasteiger partial charge in [0.1, 0.15) is 6.10 Å². The Bertz CT molecular complexity index is 505. The number of rotatable bonds is 4. The molecule has 10 unspecified atom stereocenters. The third kappa shape index (κ3) is 3.36. The van der Waals surface area contributed by atoms with E-state index in [-0.39, 0.29) is 30.3 Å². The van der Waals surface area contributed by atoms with Gasteiger partial charge in [0.15, 0.2) is 0 Å². The highest BCUT2D eigenvalue weighted by Crippen LogP contribution is 2.49. The van der Waals surface area contributed by atoms with Crippen LogP contribution in [0.25, 0.3) is 0 Å². The SMILES string of the molecule is COC1CC2CCN3CC4C(CCC(OC)C4OC)CC3C2C(O)C1OC. The highest BCUT2D eigenvalue weighted by atomic mass is 16.5. The van der Waals surface area contributed by atoms with E-state index >= 15 is 0 Å². The van der Waals surface area contributed by atoms with Gasteiger partial charge < -0.3 is 24.1 Å². The molecule has 2 saturated heterocycles. The Kier molecular flexibility index (Phi) is 6.12. The number of aliphatic hydroxyl groups is 1. The Hall–Kier alpha value is -0.240. The summed E-state index contributed by atoms with van der Waals surface area (Å²) in [5.74, 6) is 2.02. The minimum Gasteiger partial charge on any atom is -0.390 e. The van der Waals surface area contributed by atoms with Gasteiger partial charge in [-0.3, -0.25) is 4.90 Å². The first kappa shape index (κ1) is 20.0. The van der Waals surface area contributed by atoms with Gasteiger partial charge in [-0.15, -0.1) is 0 Å². The van der Waals surface area contributed by atoms with E-state index < -0.39 is 6.10 Å². The van der Waals surface area contributed by atoms with Crippen molar-refractivity contribution in [3.63, 3.8) is 0 Å². The number of nitrogens with zero attached hydrogens (tertiary/aromatic N) is 1. The number of aliphatic hydroxyl groups excluding tert-OH is 1. The molecule has 0 amide bonds. The normalized spacial score (nSPS) is 50.6. The van der Waals surface area contributed by atoms with Gasteiger partial charge in [0.05, 0.1) is 24.4 Å². The second-order valence-electron chi connectivity index (χ2n) is 9.10. The lowest BCUT2D eigenvalue weighted by Gasteiger charge is -2.58. The number of methoxy groups -OCH3 is 4. The van der Waals surface area contributed by atoms with Crippen molar-refractivity contribution in [3.8, 4) is 0 Å². The van der Waals surface area contributed by atoms with Crippen LogP contribution in [0.1, 0.15) is 32.1 Å². The predicted molar refractivity (Wildman–Crippen MR) is 102 cm³/mol. The molecule has 0 bridgehead atoms. The van der Waals surface area contributed by atoms with E-state index in [2.05, 4.69) is 4.90 Å². The van der Waals surface area contributed by atoms with Crippen LogP contribution < -0.4 is 0 Å². The molecule has 156 valence electrons. The Morgan fingerprint density at radius 3 is 2.19 bits per heavy atom. The van der Waals surface area contributed by atoms with Crippen molar-refractivity contribution in [2.45, 2.75) is 68.7 Å². The molecule has 0 spiro atoms. The molecular formula is C21H37NO5. The van der Waals surface area contributed by atoms with Crippen LogP contribution in [0.3, 0.4) is 0 Å². The van der Waals surface area contributed by atoms with Crippen LogP contribution in [0.15, 0.2) is 0 Å². The zero-order chi connectivity index (χ0) is 19.1. The van der Waals surface area contributed by atoms with E-state index in [9.17, 15) is 5.11 Å². The minimum absolute atomic E-state index is 0.00384. The van der Waals surface area contributed by atoms with Gasteiger partial charge in [0, 0.05) is 52.9 Å². The summed E-state index contributed by atoms with van der Waals surface area (Å²) in [7, 11) is 7.08. The highest BCUT2D eigenvalue weighted by Gasteiger charge is 2.55. The summed E-state index contributed by atoms with van der Waals surface area (Å²) in [5.41, 5.74) is 0. The molecule has 2 heterocycles. The number of ether oxygens (including phenoxy) is 4. The van der Waals surface area contributed by atoms with Crippen molar-refractivity contribution in [1.29, 1.82) is 0 Å². The fourth-order valence-electron chi connectivity index (χ4n) is 6.96. The van der Waals surface area contributed by atoms with Crippen molar-refractivity contribution < 1.29 is 24.1 Å². The summed E-state index contributed by atoms with van der Waals surface area (Å²) in [6, 6.07) is 0.451. The maximum Gasteiger partial charge on any atom is 0.109 e. The van der Waals surface area contributed by atoms with Gasteiger partial charge in [0.2, 0.25) is 0 Å². The Morgan fingerprint density at radius 2 is 1.52 bits per heavy atom. The summed E-state index contributed by atoms with van der Waals surface area (Å²) in [6.45, 7) is 2.18. The molecule has 10 atom stereocenters. The summed E-state index contributed by atoms with van der Waals surface area (Å²) >= 11 is 0. The molecule has 6 heteroatoms. The molecule has 1 N–H and O–H groups in total. The van der Waals surface area contributed by atoms with Crippen molar-refractivity contribution in [2.24, 2.45) is 23.7 Å². The number of piperidine rings is 2. The van der Waals surface area contributed by atoms with Gasteiger partial charge in [-0.05, 0) is 50.5 Å². The van der Waals surface area contributed by atoms with Crippen LogP contribution >= 0.6 is 0 Å². The molecule has 2 aliphatic heterocycles. The molecule has 2 aliphatic carbocycles. The van der Waals surface area contributed by atoms with Crippen molar-refractivity contribution >= 4 is 0 Å². The number of fused-ring (bicyclic) bond motifs is 4. The third-order valence-corrected chi connectivity index (χ3v) is 8.23. The smallest absolute Gasteiger partial charge is 0.109 e. The average Bonchev–Trinajstić information content (AvgIpc) is 2.70. The van der Waals surface area contributed by atoms with Gasteiger partial charge >= 0.3 is 0 Å². The van der Waals surface area contributed by atoms with Crippen molar-refractivity contribution in [3.05, 3.63) is 0 Å². The molecule has 2 saturated carbocycles. The molecule has 4 aliphatic rings. The number of hydrogen-bond donors (Lipinski definition) is 1. The molecule has 0 aromatic rings. The first-order chi connectivity index (χ1) is 13.1. The van der Waals surface area contributed by atoms with Crippen molar-refractivity contribution in [2.75, 3.05) is 41.5 Å². The zero-order valence-electron chi connectivity index (χ0n) is 17.3. The second-order valence-corrected chi connectivity index (χ2v) is 9.10. The Labute approximate surface area is 163 Å². The second kappa shape index (κ2) is 8.25. The van der Waals surface area contributed by atoms with Gasteiger partial charge in [-0.25, -0.2) is 0 Å². The van der Waals surface area contributed by atoms with E-state index in [0.29, 0.717) is 23.8 Å². The molecule has 0 aromatic heterocycles. The molecule has 27 heavy (non-hydrogen) atoms. The molecule has 4 rings (SSSR count). The van der Waals surface area contributed by atoms with Crippen LogP contribution in [0.4, 0.5) is 0 Å². The summed E-state index contributed by atoms with van der Waals surface area (Å²) in [5, 5.41) is 11.2. The van der Waals surface area contributed by atoms with E-state index in [1.807, 2.05) is 14.2 Å². The fourth-order valence-corrected chi connectivity index (χ4v) is 6.96. The van der Waals surface area contributed by atoms with Crippen LogP contribution in [0.5, 0.6) is 0 Å². The lowest BCUT2D eigenvalue weighted by molar-refractivity contribution is -0.196. The van der Waals surface area contributed by atoms with E-state index in [4.69, 9.17) is 18.9 Å². The summed E-state index contributed by atoms with van der Waals surface area (Å²) in [6.07, 6.45) is 5.32. The lowest BCUT2D eigenvalue weighted by atomic mass is 9.61. The van der Waals surface area contributed by atoms with Crippen LogP contribution in [-0.4, -0.2) is 88.1 Å². The highest BCUT2D eigenvalue weighted by molar-refractivity contribution is 5.06. The van der Waals surface area contributed by atoms with E-state index in [1.54, 1.807) is 14.2 Å². The largest absolute Gasteiger partial charge is 0.390 e. The first-order valence-corrected chi connectivity index (χ1v) is 10.7. The van der Waals surface area contributed by atoms with Gasteiger partial charge in [0.25, 0.3) is 0 Å². The molecular weight excluding hydrogens is 346 g/mol. The Balaban J connectivity index is 1.53. The fraction of sp³-hybridized carbons (Fsp3) is 1.00. The molecule has 6 nitrogen and oxygen atoms in total. The number of hydrogen-bond acceptors (Lipinski definition) is 6. The quantitative estimate of drug-likeness (QED) is 0.795. The van der Waals surface area contributed by atoms with Crippen LogP contribution in [0.2, 0.25) is 0 Å². The monoisotopic (exact) mass is 383 g/mol. The van der Waals surface area contributed by atoms with Gasteiger partial charge in [-0.1, -0.05) is 0 Å². The molecule has 0 aromatic carbocycles. The molecule has 4 fully saturated rings. The topological polar surface area (TPSA) is 60.4 Å². The Morgan fingerprint density at radius 1 is 0.778 bits per heavy atom. The predicted octanol–water partition coefficient (Wildman–Crippen LogP) is 1.55. The van der Waals surface area contributed by atoms with E-state index in [0.717, 1.165) is 38.8 Å². The van der Waals surface area contributed by atoms with Crippen LogP contribution in [0, 0.1) is 23.7 Å². The van der Waals surface area contributed by atoms with Crippen molar-refractivity contribution in [1.82, 2.24) is 4.90 Å². The van der Waals surface area contributed by atoms with E-state index in [1.165, 1.54) is 6.42 Å². The molecule has 0 radical (unpaired) electrons. The zero-order valence-corrected chi connectivity index (χ0v) is 17.3.